The van der Waals surface area contributed by atoms with Gasteiger partial charge in [0, 0.05) is 35.2 Å². The number of hydrogen-bond donors (Lipinski definition) is 1. The van der Waals surface area contributed by atoms with Gasteiger partial charge in [0.25, 0.3) is 0 Å². The first-order valence-electron chi connectivity index (χ1n) is 9.89. The van der Waals surface area contributed by atoms with Crippen LogP contribution < -0.4 is 14.2 Å². The van der Waals surface area contributed by atoms with Crippen LogP contribution in [0.3, 0.4) is 0 Å². The minimum atomic E-state index is -0.174. The molecule has 3 rings (SSSR count). The van der Waals surface area contributed by atoms with Gasteiger partial charge < -0.3 is 19.3 Å². The van der Waals surface area contributed by atoms with Crippen molar-refractivity contribution in [2.24, 2.45) is 5.41 Å². The maximum atomic E-state index is 10.3. The first kappa shape index (κ1) is 21.8. The molecule has 1 N–H and O–H groups in total. The van der Waals surface area contributed by atoms with E-state index in [1.165, 1.54) is 0 Å². The summed E-state index contributed by atoms with van der Waals surface area (Å²) in [7, 11) is 4.92. The van der Waals surface area contributed by atoms with Crippen molar-refractivity contribution in [2.45, 2.75) is 25.8 Å². The SMILES string of the molecule is COc1cc(OC)c(OC)cc1CN1CCCC(CO)(Cc2cccc(Cl)c2)C1. The summed E-state index contributed by atoms with van der Waals surface area (Å²) in [6.45, 7) is 2.67. The van der Waals surface area contributed by atoms with Gasteiger partial charge in [-0.15, -0.1) is 0 Å². The van der Waals surface area contributed by atoms with Crippen molar-refractivity contribution < 1.29 is 19.3 Å². The molecule has 2 aromatic rings. The topological polar surface area (TPSA) is 51.2 Å². The molecular formula is C23H30ClNO4. The van der Waals surface area contributed by atoms with Crippen LogP contribution in [0.25, 0.3) is 0 Å². The van der Waals surface area contributed by atoms with E-state index in [0.717, 1.165) is 60.8 Å². The third-order valence-corrected chi connectivity index (χ3v) is 5.96. The van der Waals surface area contributed by atoms with Crippen LogP contribution in [0.4, 0.5) is 0 Å². The maximum absolute atomic E-state index is 10.3. The molecule has 1 aliphatic heterocycles. The Bertz CT molecular complexity index is 829. The summed E-state index contributed by atoms with van der Waals surface area (Å²) >= 11 is 6.16. The largest absolute Gasteiger partial charge is 0.496 e. The van der Waals surface area contributed by atoms with Gasteiger partial charge in [0.05, 0.1) is 27.9 Å². The molecule has 0 bridgehead atoms. The predicted octanol–water partition coefficient (Wildman–Crippen LogP) is 4.18. The van der Waals surface area contributed by atoms with Crippen LogP contribution in [0.1, 0.15) is 24.0 Å². The number of aliphatic hydroxyl groups excluding tert-OH is 1. The van der Waals surface area contributed by atoms with E-state index < -0.39 is 0 Å². The van der Waals surface area contributed by atoms with Crippen molar-refractivity contribution in [3.63, 3.8) is 0 Å². The highest BCUT2D eigenvalue weighted by Crippen LogP contribution is 2.38. The molecule has 2 aromatic carbocycles. The number of nitrogens with zero attached hydrogens (tertiary/aromatic N) is 1. The van der Waals surface area contributed by atoms with Gasteiger partial charge in [0.1, 0.15) is 5.75 Å². The maximum Gasteiger partial charge on any atom is 0.164 e. The molecular weight excluding hydrogens is 390 g/mol. The number of aliphatic hydroxyl groups is 1. The first-order chi connectivity index (χ1) is 14.0. The fourth-order valence-corrected chi connectivity index (χ4v) is 4.52. The molecule has 5 nitrogen and oxygen atoms in total. The van der Waals surface area contributed by atoms with Crippen molar-refractivity contribution in [1.82, 2.24) is 4.90 Å². The number of likely N-dealkylation sites (tertiary alicyclic amines) is 1. The van der Waals surface area contributed by atoms with E-state index in [9.17, 15) is 5.11 Å². The van der Waals surface area contributed by atoms with Crippen molar-refractivity contribution in [2.75, 3.05) is 41.0 Å². The highest BCUT2D eigenvalue weighted by molar-refractivity contribution is 6.30. The molecule has 1 saturated heterocycles. The zero-order valence-corrected chi connectivity index (χ0v) is 18.2. The normalized spacial score (nSPS) is 19.8. The molecule has 1 heterocycles. The zero-order valence-electron chi connectivity index (χ0n) is 17.4. The Hall–Kier alpha value is -1.95. The molecule has 1 atom stereocenters. The summed E-state index contributed by atoms with van der Waals surface area (Å²) in [4.78, 5) is 2.38. The van der Waals surface area contributed by atoms with Gasteiger partial charge in [-0.2, -0.15) is 0 Å². The lowest BCUT2D eigenvalue weighted by Gasteiger charge is -2.42. The van der Waals surface area contributed by atoms with Crippen LogP contribution in [0.2, 0.25) is 5.02 Å². The standard InChI is InChI=1S/C23H30ClNO4/c1-27-20-12-22(29-3)21(28-2)11-18(20)14-25-9-5-8-23(15-25,16-26)13-17-6-4-7-19(24)10-17/h4,6-7,10-12,26H,5,8-9,13-16H2,1-3H3. The minimum Gasteiger partial charge on any atom is -0.496 e. The first-order valence-corrected chi connectivity index (χ1v) is 10.3. The summed E-state index contributed by atoms with van der Waals surface area (Å²) in [6, 6.07) is 11.8. The monoisotopic (exact) mass is 419 g/mol. The number of hydrogen-bond acceptors (Lipinski definition) is 5. The molecule has 0 aromatic heterocycles. The lowest BCUT2D eigenvalue weighted by atomic mass is 9.75. The van der Waals surface area contributed by atoms with Crippen LogP contribution in [0.15, 0.2) is 36.4 Å². The molecule has 6 heteroatoms. The summed E-state index contributed by atoms with van der Waals surface area (Å²) in [5.41, 5.74) is 2.03. The Kier molecular flexibility index (Phi) is 7.28. The predicted molar refractivity (Wildman–Crippen MR) is 115 cm³/mol. The highest BCUT2D eigenvalue weighted by atomic mass is 35.5. The Morgan fingerprint density at radius 3 is 2.41 bits per heavy atom. The van der Waals surface area contributed by atoms with E-state index in [1.807, 2.05) is 30.3 Å². The Morgan fingerprint density at radius 1 is 1.03 bits per heavy atom. The summed E-state index contributed by atoms with van der Waals surface area (Å²) in [5, 5.41) is 11.0. The summed E-state index contributed by atoms with van der Waals surface area (Å²) in [6.07, 6.45) is 2.84. The van der Waals surface area contributed by atoms with Gasteiger partial charge in [0.15, 0.2) is 11.5 Å². The lowest BCUT2D eigenvalue weighted by molar-refractivity contribution is 0.0285. The van der Waals surface area contributed by atoms with Gasteiger partial charge in [-0.1, -0.05) is 23.7 Å². The fourth-order valence-electron chi connectivity index (χ4n) is 4.31. The molecule has 1 fully saturated rings. The van der Waals surface area contributed by atoms with E-state index in [4.69, 9.17) is 25.8 Å². The highest BCUT2D eigenvalue weighted by Gasteiger charge is 2.35. The average Bonchev–Trinajstić information content (AvgIpc) is 2.73. The van der Waals surface area contributed by atoms with Crippen molar-refractivity contribution in [3.05, 3.63) is 52.5 Å². The fraction of sp³-hybridized carbons (Fsp3) is 0.478. The summed E-state index contributed by atoms with van der Waals surface area (Å²) < 4.78 is 16.4. The van der Waals surface area contributed by atoms with E-state index in [2.05, 4.69) is 11.0 Å². The second-order valence-electron chi connectivity index (χ2n) is 7.80. The second-order valence-corrected chi connectivity index (χ2v) is 8.23. The molecule has 1 aliphatic rings. The number of methoxy groups -OCH3 is 3. The third kappa shape index (κ3) is 5.16. The molecule has 0 amide bonds. The van der Waals surface area contributed by atoms with E-state index in [-0.39, 0.29) is 12.0 Å². The number of rotatable bonds is 8. The zero-order chi connectivity index (χ0) is 20.9. The van der Waals surface area contributed by atoms with Gasteiger partial charge in [0.2, 0.25) is 0 Å². The van der Waals surface area contributed by atoms with Crippen LogP contribution in [-0.2, 0) is 13.0 Å². The van der Waals surface area contributed by atoms with Gasteiger partial charge in [-0.25, -0.2) is 0 Å². The van der Waals surface area contributed by atoms with Crippen molar-refractivity contribution in [1.29, 1.82) is 0 Å². The molecule has 0 radical (unpaired) electrons. The van der Waals surface area contributed by atoms with Gasteiger partial charge in [-0.3, -0.25) is 4.90 Å². The van der Waals surface area contributed by atoms with Crippen LogP contribution in [0, 0.1) is 5.41 Å². The smallest absolute Gasteiger partial charge is 0.164 e. The van der Waals surface area contributed by atoms with E-state index in [0.29, 0.717) is 11.5 Å². The second kappa shape index (κ2) is 9.70. The van der Waals surface area contributed by atoms with Crippen molar-refractivity contribution >= 4 is 11.6 Å². The lowest BCUT2D eigenvalue weighted by Crippen LogP contribution is -2.46. The van der Waals surface area contributed by atoms with E-state index in [1.54, 1.807) is 21.3 Å². The van der Waals surface area contributed by atoms with Crippen LogP contribution in [-0.4, -0.2) is 51.0 Å². The molecule has 0 aliphatic carbocycles. The Balaban J connectivity index is 1.79. The van der Waals surface area contributed by atoms with Crippen LogP contribution >= 0.6 is 11.6 Å². The van der Waals surface area contributed by atoms with Crippen LogP contribution in [0.5, 0.6) is 17.2 Å². The molecule has 29 heavy (non-hydrogen) atoms. The van der Waals surface area contributed by atoms with Gasteiger partial charge >= 0.3 is 0 Å². The molecule has 1 unspecified atom stereocenters. The number of ether oxygens (including phenoxy) is 3. The van der Waals surface area contributed by atoms with Crippen molar-refractivity contribution in [3.8, 4) is 17.2 Å². The summed E-state index contributed by atoms with van der Waals surface area (Å²) in [5.74, 6) is 2.11. The minimum absolute atomic E-state index is 0.152. The third-order valence-electron chi connectivity index (χ3n) is 5.72. The number of piperidine rings is 1. The average molecular weight is 420 g/mol. The van der Waals surface area contributed by atoms with Gasteiger partial charge in [-0.05, 0) is 49.6 Å². The number of halogens is 1. The quantitative estimate of drug-likeness (QED) is 0.695. The molecule has 0 saturated carbocycles. The Labute approximate surface area is 178 Å². The Morgan fingerprint density at radius 2 is 1.76 bits per heavy atom. The van der Waals surface area contributed by atoms with E-state index >= 15 is 0 Å². The molecule has 158 valence electrons. The number of benzene rings is 2. The molecule has 0 spiro atoms.